The summed E-state index contributed by atoms with van der Waals surface area (Å²) in [4.78, 5) is 30.6. The molecule has 0 spiro atoms. The van der Waals surface area contributed by atoms with Crippen LogP contribution in [0.25, 0.3) is 16.9 Å². The minimum atomic E-state index is -1.14. The fourth-order valence-corrected chi connectivity index (χ4v) is 4.52. The third-order valence-electron chi connectivity index (χ3n) is 6.53. The van der Waals surface area contributed by atoms with Gasteiger partial charge in [0.05, 0.1) is 43.3 Å². The molecule has 2 heterocycles. The summed E-state index contributed by atoms with van der Waals surface area (Å²) in [7, 11) is 4.06. The number of amides is 1. The number of hydrogen-bond donors (Lipinski definition) is 1. The lowest BCUT2D eigenvalue weighted by atomic mass is 9.95. The Hall–Kier alpha value is -3.41. The molecule has 9 nitrogen and oxygen atoms in total. The third-order valence-corrected chi connectivity index (χ3v) is 6.53. The molecule has 39 heavy (non-hydrogen) atoms. The van der Waals surface area contributed by atoms with E-state index >= 15 is 8.78 Å². The molecule has 0 saturated carbocycles. The number of fused-ring (bicyclic) bond motifs is 1. The van der Waals surface area contributed by atoms with E-state index in [0.717, 1.165) is 11.6 Å². The number of carbonyl (C=O) groups is 2. The monoisotopic (exact) mass is 547 g/mol. The van der Waals surface area contributed by atoms with Gasteiger partial charge in [0.15, 0.2) is 12.1 Å². The number of aliphatic hydroxyl groups is 1. The number of ketones is 1. The van der Waals surface area contributed by atoms with Crippen LogP contribution in [0.3, 0.4) is 0 Å². The summed E-state index contributed by atoms with van der Waals surface area (Å²) in [5.41, 5.74) is 1.48. The normalized spacial score (nSPS) is 12.3. The van der Waals surface area contributed by atoms with Gasteiger partial charge in [0, 0.05) is 38.8 Å². The van der Waals surface area contributed by atoms with Crippen molar-refractivity contribution in [2.45, 2.75) is 52.4 Å². The first-order chi connectivity index (χ1) is 18.6. The van der Waals surface area contributed by atoms with Crippen molar-refractivity contribution in [3.05, 3.63) is 58.4 Å². The number of hydrogen-bond acceptors (Lipinski definition) is 7. The van der Waals surface area contributed by atoms with Crippen LogP contribution in [0.1, 0.15) is 46.9 Å². The Morgan fingerprint density at radius 2 is 1.82 bits per heavy atom. The lowest BCUT2D eigenvalue weighted by Gasteiger charge is -2.27. The summed E-state index contributed by atoms with van der Waals surface area (Å²) in [5.74, 6) is -2.06. The molecule has 0 aliphatic carbocycles. The van der Waals surface area contributed by atoms with Gasteiger partial charge < -0.3 is 28.6 Å². The molecule has 1 atom stereocenters. The number of aliphatic hydroxyl groups excluding tert-OH is 1. The number of halogens is 2. The van der Waals surface area contributed by atoms with E-state index in [9.17, 15) is 14.7 Å². The fourth-order valence-electron chi connectivity index (χ4n) is 4.52. The summed E-state index contributed by atoms with van der Waals surface area (Å²) < 4.78 is 47.8. The fraction of sp³-hybridized carbons (Fsp3) is 0.464. The standard InChI is InChI=1S/C28H35F2N3O6/c1-7-8-22(35)19-13-20(29)25(17(3)26(19)30)27-21(33-10-9-16(2)11-23(33)31-27)12-18(34)14-32(28(36)39-6)15-24(37-4)38-5/h9-11,13,18,24,34H,7-8,12,14-15H2,1-6H3/t18-/m0/s1. The van der Waals surface area contributed by atoms with Crippen LogP contribution in [-0.4, -0.2) is 78.1 Å². The van der Waals surface area contributed by atoms with E-state index < -0.39 is 35.9 Å². The maximum absolute atomic E-state index is 15.6. The predicted molar refractivity (Wildman–Crippen MR) is 141 cm³/mol. The molecule has 1 amide bonds. The van der Waals surface area contributed by atoms with Crippen molar-refractivity contribution in [1.82, 2.24) is 14.3 Å². The van der Waals surface area contributed by atoms with Gasteiger partial charge in [-0.15, -0.1) is 0 Å². The van der Waals surface area contributed by atoms with Crippen molar-refractivity contribution in [3.63, 3.8) is 0 Å². The number of ether oxygens (including phenoxy) is 3. The molecule has 0 bridgehead atoms. The highest BCUT2D eigenvalue weighted by molar-refractivity contribution is 5.97. The molecule has 0 radical (unpaired) electrons. The second-order valence-corrected chi connectivity index (χ2v) is 9.37. The summed E-state index contributed by atoms with van der Waals surface area (Å²) >= 11 is 0. The molecule has 0 aliphatic heterocycles. The van der Waals surface area contributed by atoms with Gasteiger partial charge in [-0.05, 0) is 49.6 Å². The van der Waals surface area contributed by atoms with Crippen molar-refractivity contribution >= 4 is 17.5 Å². The van der Waals surface area contributed by atoms with E-state index in [4.69, 9.17) is 14.2 Å². The summed E-state index contributed by atoms with van der Waals surface area (Å²) in [6.07, 6.45) is -0.309. The van der Waals surface area contributed by atoms with Crippen LogP contribution >= 0.6 is 0 Å². The van der Waals surface area contributed by atoms with Gasteiger partial charge in [0.2, 0.25) is 0 Å². The average molecular weight is 548 g/mol. The number of Topliss-reactive ketones (excluding diaryl/α,β-unsaturated/α-hetero) is 1. The van der Waals surface area contributed by atoms with E-state index in [2.05, 4.69) is 4.98 Å². The summed E-state index contributed by atoms with van der Waals surface area (Å²) in [6, 6.07) is 4.53. The summed E-state index contributed by atoms with van der Waals surface area (Å²) in [6.45, 7) is 4.89. The zero-order valence-corrected chi connectivity index (χ0v) is 23.1. The van der Waals surface area contributed by atoms with Gasteiger partial charge in [0.1, 0.15) is 17.3 Å². The van der Waals surface area contributed by atoms with Crippen LogP contribution in [0, 0.1) is 25.5 Å². The lowest BCUT2D eigenvalue weighted by molar-refractivity contribution is -0.115. The van der Waals surface area contributed by atoms with Gasteiger partial charge in [0.25, 0.3) is 0 Å². The summed E-state index contributed by atoms with van der Waals surface area (Å²) in [5, 5.41) is 11.1. The SMILES string of the molecule is CCCC(=O)c1cc(F)c(-c2nc3cc(C)ccn3c2C[C@H](O)CN(CC(OC)OC)C(=O)OC)c(C)c1F. The van der Waals surface area contributed by atoms with E-state index in [-0.39, 0.29) is 48.3 Å². The van der Waals surface area contributed by atoms with Crippen LogP contribution in [0.4, 0.5) is 13.6 Å². The zero-order valence-electron chi connectivity index (χ0n) is 23.1. The highest BCUT2D eigenvalue weighted by atomic mass is 19.1. The molecule has 3 rings (SSSR count). The average Bonchev–Trinajstić information content (AvgIpc) is 3.24. The number of methoxy groups -OCH3 is 3. The van der Waals surface area contributed by atoms with Gasteiger partial charge >= 0.3 is 6.09 Å². The Bertz CT molecular complexity index is 1340. The number of benzene rings is 1. The number of carbonyl (C=O) groups excluding carboxylic acids is 2. The van der Waals surface area contributed by atoms with Gasteiger partial charge in [-0.2, -0.15) is 0 Å². The van der Waals surface area contributed by atoms with Crippen molar-refractivity contribution in [2.24, 2.45) is 0 Å². The van der Waals surface area contributed by atoms with E-state index in [0.29, 0.717) is 17.8 Å². The number of aryl methyl sites for hydroxylation is 1. The molecule has 11 heteroatoms. The highest BCUT2D eigenvalue weighted by Crippen LogP contribution is 2.34. The van der Waals surface area contributed by atoms with Gasteiger partial charge in [-0.25, -0.2) is 18.6 Å². The highest BCUT2D eigenvalue weighted by Gasteiger charge is 2.28. The van der Waals surface area contributed by atoms with Gasteiger partial charge in [-0.1, -0.05) is 6.92 Å². The second kappa shape index (κ2) is 13.1. The Labute approximate surface area is 226 Å². The topological polar surface area (TPSA) is 103 Å². The van der Waals surface area contributed by atoms with E-state index in [1.54, 1.807) is 23.6 Å². The van der Waals surface area contributed by atoms with Crippen LogP contribution in [0.5, 0.6) is 0 Å². The van der Waals surface area contributed by atoms with Crippen LogP contribution in [0.15, 0.2) is 24.4 Å². The Kier molecular flexibility index (Phi) is 10.1. The maximum Gasteiger partial charge on any atom is 0.409 e. The first-order valence-electron chi connectivity index (χ1n) is 12.6. The molecule has 3 aromatic rings. The quantitative estimate of drug-likeness (QED) is 0.264. The Morgan fingerprint density at radius 1 is 1.13 bits per heavy atom. The van der Waals surface area contributed by atoms with Crippen LogP contribution in [-0.2, 0) is 20.6 Å². The van der Waals surface area contributed by atoms with Crippen LogP contribution < -0.4 is 0 Å². The second-order valence-electron chi connectivity index (χ2n) is 9.37. The zero-order chi connectivity index (χ0) is 28.9. The van der Waals surface area contributed by atoms with Crippen molar-refractivity contribution < 1.29 is 37.7 Å². The Balaban J connectivity index is 2.07. The molecule has 0 aliphatic rings. The molecule has 0 fully saturated rings. The molecule has 1 N–H and O–H groups in total. The van der Waals surface area contributed by atoms with E-state index in [1.165, 1.54) is 33.2 Å². The minimum absolute atomic E-state index is 0.0118. The smallest absolute Gasteiger partial charge is 0.409 e. The molecule has 1 aromatic carbocycles. The molecular formula is C28H35F2N3O6. The largest absolute Gasteiger partial charge is 0.453 e. The molecule has 2 aromatic heterocycles. The predicted octanol–water partition coefficient (Wildman–Crippen LogP) is 4.47. The first-order valence-corrected chi connectivity index (χ1v) is 12.6. The van der Waals surface area contributed by atoms with Crippen LogP contribution in [0.2, 0.25) is 0 Å². The number of pyridine rings is 1. The maximum atomic E-state index is 15.6. The van der Waals surface area contributed by atoms with Crippen molar-refractivity contribution in [1.29, 1.82) is 0 Å². The number of imidazole rings is 1. The minimum Gasteiger partial charge on any atom is -0.453 e. The number of aromatic nitrogens is 2. The molecule has 212 valence electrons. The Morgan fingerprint density at radius 3 is 2.44 bits per heavy atom. The molecule has 0 saturated heterocycles. The number of nitrogens with zero attached hydrogens (tertiary/aromatic N) is 3. The lowest BCUT2D eigenvalue weighted by Crippen LogP contribution is -2.43. The molecular weight excluding hydrogens is 512 g/mol. The number of rotatable bonds is 12. The third kappa shape index (κ3) is 6.60. The first kappa shape index (κ1) is 30.1. The van der Waals surface area contributed by atoms with Gasteiger partial charge in [-0.3, -0.25) is 4.79 Å². The van der Waals surface area contributed by atoms with Crippen molar-refractivity contribution in [2.75, 3.05) is 34.4 Å². The van der Waals surface area contributed by atoms with Crippen molar-refractivity contribution in [3.8, 4) is 11.3 Å². The molecule has 0 unspecified atom stereocenters. The van der Waals surface area contributed by atoms with E-state index in [1.807, 2.05) is 13.0 Å².